The predicted octanol–water partition coefficient (Wildman–Crippen LogP) is 0.989. The third-order valence-electron chi connectivity index (χ3n) is 4.91. The summed E-state index contributed by atoms with van der Waals surface area (Å²) < 4.78 is 0. The van der Waals surface area contributed by atoms with E-state index in [9.17, 15) is 9.59 Å². The highest BCUT2D eigenvalue weighted by Crippen LogP contribution is 2.22. The largest absolute Gasteiger partial charge is 0.368 e. The summed E-state index contributed by atoms with van der Waals surface area (Å²) in [6.45, 7) is 6.29. The Kier molecular flexibility index (Phi) is 4.79. The Bertz CT molecular complexity index is 547. The van der Waals surface area contributed by atoms with E-state index >= 15 is 0 Å². The van der Waals surface area contributed by atoms with Gasteiger partial charge in [0.2, 0.25) is 11.8 Å². The van der Waals surface area contributed by atoms with Gasteiger partial charge in [-0.3, -0.25) is 14.6 Å². The topological polar surface area (TPSA) is 56.8 Å². The molecule has 0 radical (unpaired) electrons. The van der Waals surface area contributed by atoms with Crippen LogP contribution in [0.3, 0.4) is 0 Å². The Morgan fingerprint density at radius 1 is 0.957 bits per heavy atom. The van der Waals surface area contributed by atoms with Gasteiger partial charge in [-0.1, -0.05) is 0 Å². The normalized spacial score (nSPS) is 19.8. The minimum absolute atomic E-state index is 0.0816. The van der Waals surface area contributed by atoms with Crippen LogP contribution in [0.5, 0.6) is 0 Å². The summed E-state index contributed by atoms with van der Waals surface area (Å²) in [5, 5.41) is 0. The lowest BCUT2D eigenvalue weighted by atomic mass is 9.95. The fourth-order valence-electron chi connectivity index (χ4n) is 3.44. The van der Waals surface area contributed by atoms with E-state index < -0.39 is 0 Å². The van der Waals surface area contributed by atoms with Crippen LogP contribution in [0.4, 0.5) is 5.69 Å². The van der Waals surface area contributed by atoms with E-state index in [1.54, 1.807) is 19.3 Å². The molecule has 124 valence electrons. The molecule has 23 heavy (non-hydrogen) atoms. The molecule has 3 rings (SSSR count). The number of likely N-dealkylation sites (tertiary alicyclic amines) is 1. The molecule has 3 heterocycles. The van der Waals surface area contributed by atoms with Crippen molar-refractivity contribution in [3.63, 3.8) is 0 Å². The highest BCUT2D eigenvalue weighted by atomic mass is 16.2. The molecule has 0 bridgehead atoms. The van der Waals surface area contributed by atoms with Crippen LogP contribution in [0.15, 0.2) is 24.5 Å². The van der Waals surface area contributed by atoms with Crippen LogP contribution in [0, 0.1) is 5.92 Å². The summed E-state index contributed by atoms with van der Waals surface area (Å²) in [7, 11) is 0. The van der Waals surface area contributed by atoms with Gasteiger partial charge in [-0.05, 0) is 25.0 Å². The monoisotopic (exact) mass is 316 g/mol. The molecule has 2 aliphatic heterocycles. The van der Waals surface area contributed by atoms with Crippen molar-refractivity contribution in [1.29, 1.82) is 0 Å². The maximum atomic E-state index is 12.7. The summed E-state index contributed by atoms with van der Waals surface area (Å²) in [4.78, 5) is 34.2. The first-order chi connectivity index (χ1) is 11.1. The second kappa shape index (κ2) is 6.98. The van der Waals surface area contributed by atoms with Crippen molar-refractivity contribution in [3.05, 3.63) is 24.5 Å². The average molecular weight is 316 g/mol. The van der Waals surface area contributed by atoms with E-state index in [0.717, 1.165) is 39.0 Å². The third-order valence-corrected chi connectivity index (χ3v) is 4.91. The fourth-order valence-corrected chi connectivity index (χ4v) is 3.44. The van der Waals surface area contributed by atoms with Gasteiger partial charge < -0.3 is 14.7 Å². The van der Waals surface area contributed by atoms with Crippen molar-refractivity contribution in [1.82, 2.24) is 14.8 Å². The molecule has 0 N–H and O–H groups in total. The van der Waals surface area contributed by atoms with E-state index in [4.69, 9.17) is 0 Å². The summed E-state index contributed by atoms with van der Waals surface area (Å²) >= 11 is 0. The number of pyridine rings is 1. The van der Waals surface area contributed by atoms with Crippen molar-refractivity contribution in [2.45, 2.75) is 19.8 Å². The number of hydrogen-bond donors (Lipinski definition) is 0. The molecule has 0 spiro atoms. The first kappa shape index (κ1) is 15.8. The highest BCUT2D eigenvalue weighted by molar-refractivity contribution is 5.80. The molecule has 1 aromatic rings. The Hall–Kier alpha value is -2.11. The van der Waals surface area contributed by atoms with Crippen molar-refractivity contribution in [2.24, 2.45) is 5.92 Å². The lowest BCUT2D eigenvalue weighted by Gasteiger charge is -2.39. The number of amides is 2. The second-order valence-corrected chi connectivity index (χ2v) is 6.30. The zero-order valence-corrected chi connectivity index (χ0v) is 13.6. The first-order valence-electron chi connectivity index (χ1n) is 8.34. The third kappa shape index (κ3) is 3.63. The standard InChI is InChI=1S/C17H24N4O2/c1-14(22)19-8-4-15(5-9-19)17(23)21-12-10-20(11-13-21)16-2-6-18-7-3-16/h2-3,6-7,15H,4-5,8-13H2,1H3. The molecule has 6 nitrogen and oxygen atoms in total. The van der Waals surface area contributed by atoms with E-state index in [1.165, 1.54) is 5.69 Å². The quantitative estimate of drug-likeness (QED) is 0.816. The molecule has 0 saturated carbocycles. The summed E-state index contributed by atoms with van der Waals surface area (Å²) in [5.74, 6) is 0.461. The van der Waals surface area contributed by atoms with Gasteiger partial charge in [0.1, 0.15) is 0 Å². The SMILES string of the molecule is CC(=O)N1CCC(C(=O)N2CCN(c3ccncc3)CC2)CC1. The molecule has 0 aromatic carbocycles. The van der Waals surface area contributed by atoms with E-state index in [0.29, 0.717) is 13.1 Å². The van der Waals surface area contributed by atoms with Gasteiger partial charge in [-0.15, -0.1) is 0 Å². The van der Waals surface area contributed by atoms with Gasteiger partial charge in [0.05, 0.1) is 0 Å². The predicted molar refractivity (Wildman–Crippen MR) is 88.0 cm³/mol. The molecule has 0 unspecified atom stereocenters. The Balaban J connectivity index is 1.50. The first-order valence-corrected chi connectivity index (χ1v) is 8.34. The number of piperazine rings is 1. The van der Waals surface area contributed by atoms with E-state index in [-0.39, 0.29) is 17.7 Å². The Morgan fingerprint density at radius 2 is 1.57 bits per heavy atom. The van der Waals surface area contributed by atoms with Crippen LogP contribution < -0.4 is 4.90 Å². The number of piperidine rings is 1. The molecule has 2 amide bonds. The van der Waals surface area contributed by atoms with E-state index in [2.05, 4.69) is 9.88 Å². The minimum Gasteiger partial charge on any atom is -0.368 e. The van der Waals surface area contributed by atoms with Gasteiger partial charge in [0, 0.05) is 70.2 Å². The molecule has 0 aliphatic carbocycles. The number of rotatable bonds is 2. The summed E-state index contributed by atoms with van der Waals surface area (Å²) in [6, 6.07) is 4.02. The second-order valence-electron chi connectivity index (χ2n) is 6.30. The average Bonchev–Trinajstić information content (AvgIpc) is 2.62. The number of nitrogens with zero attached hydrogens (tertiary/aromatic N) is 4. The Labute approximate surface area is 137 Å². The van der Waals surface area contributed by atoms with Crippen LogP contribution in [0.1, 0.15) is 19.8 Å². The maximum absolute atomic E-state index is 12.7. The van der Waals surface area contributed by atoms with Crippen LogP contribution in [-0.4, -0.2) is 65.9 Å². The van der Waals surface area contributed by atoms with Crippen LogP contribution in [0.2, 0.25) is 0 Å². The lowest BCUT2D eigenvalue weighted by Crippen LogP contribution is -2.52. The zero-order valence-electron chi connectivity index (χ0n) is 13.6. The number of carbonyl (C=O) groups excluding carboxylic acids is 2. The number of hydrogen-bond acceptors (Lipinski definition) is 4. The summed E-state index contributed by atoms with van der Waals surface area (Å²) in [6.07, 6.45) is 5.19. The van der Waals surface area contributed by atoms with Crippen molar-refractivity contribution in [2.75, 3.05) is 44.2 Å². The van der Waals surface area contributed by atoms with Gasteiger partial charge in [-0.25, -0.2) is 0 Å². The molecule has 1 aromatic heterocycles. The van der Waals surface area contributed by atoms with Crippen LogP contribution in [-0.2, 0) is 9.59 Å². The smallest absolute Gasteiger partial charge is 0.225 e. The fraction of sp³-hybridized carbons (Fsp3) is 0.588. The van der Waals surface area contributed by atoms with Crippen molar-refractivity contribution >= 4 is 17.5 Å². The molecule has 2 saturated heterocycles. The van der Waals surface area contributed by atoms with Crippen LogP contribution >= 0.6 is 0 Å². The number of carbonyl (C=O) groups is 2. The minimum atomic E-state index is 0.0816. The van der Waals surface area contributed by atoms with Gasteiger partial charge in [0.15, 0.2) is 0 Å². The Morgan fingerprint density at radius 3 is 2.13 bits per heavy atom. The molecule has 6 heteroatoms. The lowest BCUT2D eigenvalue weighted by molar-refractivity contribution is -0.140. The molecule has 2 aliphatic rings. The maximum Gasteiger partial charge on any atom is 0.225 e. The van der Waals surface area contributed by atoms with Crippen molar-refractivity contribution in [3.8, 4) is 0 Å². The molecular weight excluding hydrogens is 292 g/mol. The van der Waals surface area contributed by atoms with E-state index in [1.807, 2.05) is 21.9 Å². The van der Waals surface area contributed by atoms with Crippen molar-refractivity contribution < 1.29 is 9.59 Å². The number of anilines is 1. The highest BCUT2D eigenvalue weighted by Gasteiger charge is 2.30. The zero-order chi connectivity index (χ0) is 16.2. The molecule has 0 atom stereocenters. The van der Waals surface area contributed by atoms with Gasteiger partial charge in [-0.2, -0.15) is 0 Å². The van der Waals surface area contributed by atoms with Gasteiger partial charge >= 0.3 is 0 Å². The van der Waals surface area contributed by atoms with Crippen LogP contribution in [0.25, 0.3) is 0 Å². The van der Waals surface area contributed by atoms with Gasteiger partial charge in [0.25, 0.3) is 0 Å². The molecule has 2 fully saturated rings. The molecular formula is C17H24N4O2. The summed E-state index contributed by atoms with van der Waals surface area (Å²) in [5.41, 5.74) is 1.17. The number of aromatic nitrogens is 1.